The number of aliphatic hydroxyl groups is 1. The number of nitrogens with zero attached hydrogens (tertiary/aromatic N) is 11. The predicted octanol–water partition coefficient (Wildman–Crippen LogP) is 25.2. The fourth-order valence-corrected chi connectivity index (χ4v) is 19.3. The minimum absolute atomic E-state index is 0. The predicted molar refractivity (Wildman–Crippen MR) is 542 cm³/mol. The van der Waals surface area contributed by atoms with Crippen molar-refractivity contribution < 1.29 is 83.9 Å². The van der Waals surface area contributed by atoms with Crippen molar-refractivity contribution in [1.29, 1.82) is 0 Å². The molecule has 3 aliphatic heterocycles. The van der Waals surface area contributed by atoms with Crippen LogP contribution < -0.4 is 19.2 Å². The van der Waals surface area contributed by atoms with Crippen molar-refractivity contribution in [3.63, 3.8) is 0 Å². The Morgan fingerprint density at radius 1 is 0.449 bits per heavy atom. The molecular weight excluding hydrogens is 2220 g/mol. The van der Waals surface area contributed by atoms with Gasteiger partial charge in [0.2, 0.25) is 0 Å². The summed E-state index contributed by atoms with van der Waals surface area (Å²) in [5.41, 5.74) is 34.5. The Bertz CT molecular complexity index is 8430. The van der Waals surface area contributed by atoms with E-state index in [-0.39, 0.29) is 71.9 Å². The van der Waals surface area contributed by atoms with E-state index in [0.29, 0.717) is 0 Å². The van der Waals surface area contributed by atoms with E-state index in [9.17, 15) is 4.79 Å². The fourth-order valence-electron chi connectivity index (χ4n) is 18.1. The zero-order chi connectivity index (χ0) is 89.9. The van der Waals surface area contributed by atoms with Crippen molar-refractivity contribution in [3.05, 3.63) is 490 Å². The number of aliphatic hydroxyl groups excluding tert-OH is 1. The minimum Gasteiger partial charge on any atom is -0.705 e. The molecule has 13 heterocycles. The molecule has 4 radical (unpaired) electrons. The SMILES string of the molecule is CC(=O)C=C(C)O.[Ir].[Ir].[Ir].[NH-]/C=C\C=C/[B]c1[c-]nccc1.[c-]1ccc2c(sc3ccccc32)c1-c1ccccn1.[c-]1ccccc1-c1ccccn1.[c-]1ccccc1-c1nc2ccccc2n1-c1ccccc1.c1cc2c3c(c1)c1ccccc1n1c4ccccc4[n+](c31)C2.c1cc2c3c(c1)ccn1c4ccccc4[n+](c31)C2.c1ccc(-n2c3[n+](c4ccccc42)Cc2ccccc2-3)cc1. The van der Waals surface area contributed by atoms with Gasteiger partial charge in [-0.1, -0.05) is 230 Å². The van der Waals surface area contributed by atoms with Crippen molar-refractivity contribution in [3.8, 4) is 56.7 Å². The summed E-state index contributed by atoms with van der Waals surface area (Å²) < 4.78 is 19.2. The Morgan fingerprint density at radius 3 is 1.69 bits per heavy atom. The molecule has 0 saturated carbocycles. The van der Waals surface area contributed by atoms with Gasteiger partial charge in [-0.2, -0.15) is 48.5 Å². The maximum absolute atomic E-state index is 10.0. The largest absolute Gasteiger partial charge is 0.705 e. The van der Waals surface area contributed by atoms with Crippen LogP contribution in [-0.2, 0) is 84.7 Å². The number of rotatable bonds is 9. The number of hydrogen-bond acceptors (Lipinski definition) is 7. The molecular formula is C117H86BIr3N12O2S-2. The first kappa shape index (κ1) is 92.7. The van der Waals surface area contributed by atoms with Crippen LogP contribution in [0.15, 0.2) is 443 Å². The van der Waals surface area contributed by atoms with Crippen LogP contribution in [0.25, 0.3) is 170 Å². The van der Waals surface area contributed by atoms with Crippen LogP contribution in [0.3, 0.4) is 0 Å². The van der Waals surface area contributed by atoms with Gasteiger partial charge >= 0.3 is 0 Å². The molecule has 0 fully saturated rings. The quantitative estimate of drug-likeness (QED) is 0.0290. The van der Waals surface area contributed by atoms with Gasteiger partial charge in [-0.25, -0.2) is 13.7 Å². The van der Waals surface area contributed by atoms with Crippen molar-refractivity contribution in [2.24, 2.45) is 0 Å². The summed E-state index contributed by atoms with van der Waals surface area (Å²) in [7, 11) is 1.88. The molecule has 0 bridgehead atoms. The first-order valence-electron chi connectivity index (χ1n) is 44.1. The van der Waals surface area contributed by atoms with Gasteiger partial charge in [-0.3, -0.25) is 9.78 Å². The van der Waals surface area contributed by atoms with Crippen molar-refractivity contribution in [1.82, 2.24) is 37.9 Å². The third-order valence-corrected chi connectivity index (χ3v) is 24.8. The summed E-state index contributed by atoms with van der Waals surface area (Å²) in [5.74, 6) is 3.98. The summed E-state index contributed by atoms with van der Waals surface area (Å²) in [4.78, 5) is 27.3. The third-order valence-electron chi connectivity index (χ3n) is 23.6. The zero-order valence-corrected chi connectivity index (χ0v) is 82.0. The Hall–Kier alpha value is -15.1. The van der Waals surface area contributed by atoms with E-state index >= 15 is 0 Å². The second-order valence-corrected chi connectivity index (χ2v) is 33.1. The number of thiophene rings is 1. The van der Waals surface area contributed by atoms with Gasteiger partial charge in [0.25, 0.3) is 17.1 Å². The van der Waals surface area contributed by atoms with Crippen molar-refractivity contribution in [2.75, 3.05) is 0 Å². The van der Waals surface area contributed by atoms with E-state index in [4.69, 9.17) is 15.8 Å². The zero-order valence-electron chi connectivity index (χ0n) is 74.0. The monoisotopic (exact) mass is 2310 g/mol. The molecule has 136 heavy (non-hydrogen) atoms. The smallest absolute Gasteiger partial charge is 0.296 e. The van der Waals surface area contributed by atoms with Crippen molar-refractivity contribution >= 4 is 138 Å². The fraction of sp³-hybridized carbons (Fsp3) is 0.0427. The summed E-state index contributed by atoms with van der Waals surface area (Å²) in [6.45, 7) is 5.76. The Kier molecular flexibility index (Phi) is 29.2. The van der Waals surface area contributed by atoms with E-state index in [1.54, 1.807) is 24.5 Å². The van der Waals surface area contributed by atoms with E-state index in [2.05, 4.69) is 320 Å². The average molecular weight is 2310 g/mol. The number of benzene rings is 14. The molecule has 14 aromatic carbocycles. The summed E-state index contributed by atoms with van der Waals surface area (Å²) in [6.07, 6.45) is 16.1. The molecule has 664 valence electrons. The van der Waals surface area contributed by atoms with Gasteiger partial charge in [-0.05, 0) is 150 Å². The number of carbonyl (C=O) groups is 1. The van der Waals surface area contributed by atoms with Crippen LogP contribution in [-0.4, -0.2) is 56.0 Å². The van der Waals surface area contributed by atoms with Crippen LogP contribution in [0.4, 0.5) is 0 Å². The van der Waals surface area contributed by atoms with Crippen LogP contribution >= 0.6 is 11.3 Å². The van der Waals surface area contributed by atoms with E-state index < -0.39 is 0 Å². The molecule has 0 spiro atoms. The first-order valence-corrected chi connectivity index (χ1v) is 44.9. The Morgan fingerprint density at radius 2 is 1.01 bits per heavy atom. The molecule has 24 aromatic rings. The van der Waals surface area contributed by atoms with Gasteiger partial charge in [-0.15, -0.1) is 102 Å². The van der Waals surface area contributed by atoms with Gasteiger partial charge in [0.05, 0.1) is 45.1 Å². The number of ketones is 1. The molecule has 27 rings (SSSR count). The summed E-state index contributed by atoms with van der Waals surface area (Å²) in [5, 5.41) is 17.8. The number of allylic oxidation sites excluding steroid dienone is 4. The second-order valence-electron chi connectivity index (χ2n) is 32.1. The van der Waals surface area contributed by atoms with Gasteiger partial charge in [0.15, 0.2) is 46.2 Å². The average Bonchev–Trinajstić information content (AvgIpc) is 1.54. The van der Waals surface area contributed by atoms with Crippen LogP contribution in [0.5, 0.6) is 0 Å². The van der Waals surface area contributed by atoms with Crippen molar-refractivity contribution in [2.45, 2.75) is 33.5 Å². The number of para-hydroxylation sites is 11. The maximum atomic E-state index is 10.0. The standard InChI is InChI=1S/C20H13N2.C20H15N2.C19H13N2.C17H10NS.C16H11N2.C11H8N.C9H8BN2.C5H8O2.3Ir/c1-2-9-16-14(7-1)15-8-5-6-13-12-21-17-10-3-4-11-18(17)22(16)20(21)19(13)15;1-2-9-16(10-3-1)22-19-13-7-6-12-18(19)21-14-15-8-4-5-11-17(15)20(21)22;1-3-9-15(10-4-1)19-20-17-13-7-8-14-18(17)21(19)16-11-5-2-6-12-16;1-2-10-16-12(6-1)13-7-5-8-14(17(13)19-16)15-9-3-4-11-18-15;1-2-7-14-13(6-1)17-9-8-11-4-3-5-12-10-18(14)16(17)15(11)12;1-2-6-10(7-3-1)11-8-4-5-9-12-11;11-6-2-1-5-10-9-4-3-7-12-8-9;1-4(6)3-5(2)7;;;/h1-11H,12H2;1-13H,14H2;1-9,11-14H;1-7,9-11H;1-9H,10H2;1-6,8-9H;1-7,11H;3,6H,1-2H3;;;/q2*+1;2*-1;+1;-1;-2;;;;/b;;;;;;5-1-,6-2-;;;;. The van der Waals surface area contributed by atoms with Crippen LogP contribution in [0.2, 0.25) is 0 Å². The number of imidazole rings is 4. The minimum atomic E-state index is -0.125. The second kappa shape index (κ2) is 42.8. The van der Waals surface area contributed by atoms with Crippen LogP contribution in [0, 0.1) is 24.4 Å². The van der Waals surface area contributed by atoms with Crippen LogP contribution in [0.1, 0.15) is 30.5 Å². The summed E-state index contributed by atoms with van der Waals surface area (Å²) >= 11 is 1.81. The molecule has 0 unspecified atom stereocenters. The Balaban J connectivity index is 0.000000109. The first-order chi connectivity index (χ1) is 65.7. The number of carbonyl (C=O) groups excluding carboxylic acids is 1. The molecule has 3 aliphatic rings. The maximum Gasteiger partial charge on any atom is 0.296 e. The molecule has 10 aromatic heterocycles. The number of fused-ring (bicyclic) bond motifs is 18. The van der Waals surface area contributed by atoms with Gasteiger partial charge in [0, 0.05) is 117 Å². The molecule has 0 atom stereocenters. The third kappa shape index (κ3) is 19.0. The van der Waals surface area contributed by atoms with E-state index in [1.807, 2.05) is 170 Å². The molecule has 19 heteroatoms. The normalized spacial score (nSPS) is 11.6. The Labute approximate surface area is 832 Å². The molecule has 14 nitrogen and oxygen atoms in total. The summed E-state index contributed by atoms with van der Waals surface area (Å²) in [6, 6.07) is 142. The number of pyridine rings is 5. The number of hydrogen-bond donors (Lipinski definition) is 1. The number of nitrogens with one attached hydrogen (secondary N) is 1. The van der Waals surface area contributed by atoms with Gasteiger partial charge < -0.3 is 30.4 Å². The topological polar surface area (TPSA) is 143 Å². The molecule has 2 N–H and O–H groups in total. The van der Waals surface area contributed by atoms with E-state index in [0.717, 1.165) is 75.7 Å². The molecule has 0 aliphatic carbocycles. The van der Waals surface area contributed by atoms with Gasteiger partial charge in [0.1, 0.15) is 30.8 Å². The number of aromatic nitrogens is 11. The van der Waals surface area contributed by atoms with E-state index in [1.165, 1.54) is 157 Å². The molecule has 0 amide bonds. The molecule has 0 saturated heterocycles.